The number of ether oxygens (including phenoxy) is 2. The van der Waals surface area contributed by atoms with Gasteiger partial charge in [0, 0.05) is 12.1 Å². The first-order valence-corrected chi connectivity index (χ1v) is 7.83. The zero-order valence-corrected chi connectivity index (χ0v) is 13.6. The molecule has 126 valence electrons. The fraction of sp³-hybridized carbons (Fsp3) is 0.529. The molecule has 2 N–H and O–H groups in total. The Morgan fingerprint density at radius 2 is 2.00 bits per heavy atom. The predicted octanol–water partition coefficient (Wildman–Crippen LogP) is 2.47. The largest absolute Gasteiger partial charge is 0.490 e. The van der Waals surface area contributed by atoms with Crippen molar-refractivity contribution in [3.8, 4) is 11.5 Å². The van der Waals surface area contributed by atoms with E-state index in [-0.39, 0.29) is 5.91 Å². The number of hydrogen-bond acceptors (Lipinski definition) is 4. The van der Waals surface area contributed by atoms with Crippen LogP contribution in [0.4, 0.5) is 0 Å². The van der Waals surface area contributed by atoms with E-state index in [1.807, 2.05) is 6.92 Å². The topological polar surface area (TPSA) is 84.9 Å². The van der Waals surface area contributed by atoms with E-state index in [0.29, 0.717) is 35.6 Å². The molecule has 0 aromatic heterocycles. The Labute approximate surface area is 135 Å². The summed E-state index contributed by atoms with van der Waals surface area (Å²) in [6, 6.07) is 4.74. The number of aliphatic carboxylic acids is 1. The lowest BCUT2D eigenvalue weighted by atomic mass is 10.1. The van der Waals surface area contributed by atoms with Gasteiger partial charge in [-0.25, -0.2) is 4.79 Å². The SMILES string of the molecule is CCOc1cc(C(=O)NCCC2(C)CC2)ccc1OCC(=O)O. The van der Waals surface area contributed by atoms with E-state index in [1.54, 1.807) is 18.2 Å². The number of carboxylic acid groups (broad SMARTS) is 1. The summed E-state index contributed by atoms with van der Waals surface area (Å²) < 4.78 is 10.6. The van der Waals surface area contributed by atoms with Crippen LogP contribution < -0.4 is 14.8 Å². The summed E-state index contributed by atoms with van der Waals surface area (Å²) in [5, 5.41) is 11.6. The minimum Gasteiger partial charge on any atom is -0.490 e. The van der Waals surface area contributed by atoms with Gasteiger partial charge in [0.25, 0.3) is 5.91 Å². The number of carboxylic acids is 1. The normalized spacial score (nSPS) is 14.9. The van der Waals surface area contributed by atoms with Gasteiger partial charge in [-0.15, -0.1) is 0 Å². The van der Waals surface area contributed by atoms with Gasteiger partial charge in [0.2, 0.25) is 0 Å². The van der Waals surface area contributed by atoms with Gasteiger partial charge in [-0.3, -0.25) is 4.79 Å². The van der Waals surface area contributed by atoms with Crippen molar-refractivity contribution in [1.29, 1.82) is 0 Å². The first-order valence-electron chi connectivity index (χ1n) is 7.83. The van der Waals surface area contributed by atoms with Gasteiger partial charge in [0.1, 0.15) is 0 Å². The second-order valence-electron chi connectivity index (χ2n) is 6.09. The van der Waals surface area contributed by atoms with Crippen LogP contribution in [0, 0.1) is 5.41 Å². The molecule has 0 heterocycles. The molecule has 23 heavy (non-hydrogen) atoms. The lowest BCUT2D eigenvalue weighted by Crippen LogP contribution is -2.26. The van der Waals surface area contributed by atoms with Crippen LogP contribution in [0.5, 0.6) is 11.5 Å². The molecular formula is C17H23NO5. The smallest absolute Gasteiger partial charge is 0.341 e. The van der Waals surface area contributed by atoms with Gasteiger partial charge in [-0.2, -0.15) is 0 Å². The maximum absolute atomic E-state index is 12.2. The van der Waals surface area contributed by atoms with Crippen molar-refractivity contribution in [3.63, 3.8) is 0 Å². The second kappa shape index (κ2) is 7.35. The number of carbonyl (C=O) groups is 2. The summed E-state index contributed by atoms with van der Waals surface area (Å²) in [4.78, 5) is 22.8. The highest BCUT2D eigenvalue weighted by Gasteiger charge is 2.36. The van der Waals surface area contributed by atoms with Gasteiger partial charge in [0.15, 0.2) is 18.1 Å². The van der Waals surface area contributed by atoms with Crippen LogP contribution in [-0.4, -0.2) is 36.7 Å². The van der Waals surface area contributed by atoms with Crippen molar-refractivity contribution in [3.05, 3.63) is 23.8 Å². The molecule has 1 aliphatic rings. The molecule has 0 bridgehead atoms. The van der Waals surface area contributed by atoms with Crippen LogP contribution in [0.3, 0.4) is 0 Å². The molecular weight excluding hydrogens is 298 g/mol. The Balaban J connectivity index is 1.98. The second-order valence-corrected chi connectivity index (χ2v) is 6.09. The van der Waals surface area contributed by atoms with Gasteiger partial charge < -0.3 is 19.9 Å². The summed E-state index contributed by atoms with van der Waals surface area (Å²) in [5.41, 5.74) is 0.871. The molecule has 0 spiro atoms. The van der Waals surface area contributed by atoms with E-state index >= 15 is 0 Å². The molecule has 1 amide bonds. The number of benzene rings is 1. The first-order chi connectivity index (χ1) is 10.9. The Hall–Kier alpha value is -2.24. The van der Waals surface area contributed by atoms with Gasteiger partial charge in [-0.05, 0) is 49.8 Å². The first kappa shape index (κ1) is 17.1. The van der Waals surface area contributed by atoms with Crippen molar-refractivity contribution in [1.82, 2.24) is 5.32 Å². The highest BCUT2D eigenvalue weighted by atomic mass is 16.5. The lowest BCUT2D eigenvalue weighted by Gasteiger charge is -2.13. The maximum atomic E-state index is 12.2. The standard InChI is InChI=1S/C17H23NO5/c1-3-22-14-10-12(4-5-13(14)23-11-15(19)20)16(21)18-9-8-17(2)6-7-17/h4-5,10H,3,6-9,11H2,1-2H3,(H,18,21)(H,19,20). The Kier molecular flexibility index (Phi) is 5.47. The van der Waals surface area contributed by atoms with Crippen molar-refractivity contribution < 1.29 is 24.2 Å². The summed E-state index contributed by atoms with van der Waals surface area (Å²) >= 11 is 0. The molecule has 1 aromatic rings. The average Bonchev–Trinajstić information content (AvgIpc) is 3.23. The Bertz CT molecular complexity index is 580. The third kappa shape index (κ3) is 5.16. The van der Waals surface area contributed by atoms with Crippen molar-refractivity contribution in [2.45, 2.75) is 33.1 Å². The maximum Gasteiger partial charge on any atom is 0.341 e. The van der Waals surface area contributed by atoms with Crippen molar-refractivity contribution >= 4 is 11.9 Å². The molecule has 1 saturated carbocycles. The molecule has 0 unspecified atom stereocenters. The number of carbonyl (C=O) groups excluding carboxylic acids is 1. The van der Waals surface area contributed by atoms with E-state index in [2.05, 4.69) is 12.2 Å². The molecule has 0 aliphatic heterocycles. The van der Waals surface area contributed by atoms with Gasteiger partial charge >= 0.3 is 5.97 Å². The zero-order valence-electron chi connectivity index (χ0n) is 13.6. The summed E-state index contributed by atoms with van der Waals surface area (Å²) in [5.74, 6) is -0.547. The van der Waals surface area contributed by atoms with Crippen LogP contribution in [0.1, 0.15) is 43.5 Å². The predicted molar refractivity (Wildman–Crippen MR) is 85.0 cm³/mol. The fourth-order valence-electron chi connectivity index (χ4n) is 2.22. The van der Waals surface area contributed by atoms with E-state index in [0.717, 1.165) is 6.42 Å². The quantitative estimate of drug-likeness (QED) is 0.730. The van der Waals surface area contributed by atoms with Crippen molar-refractivity contribution in [2.75, 3.05) is 19.8 Å². The molecule has 0 radical (unpaired) electrons. The fourth-order valence-corrected chi connectivity index (χ4v) is 2.22. The molecule has 0 atom stereocenters. The molecule has 1 fully saturated rings. The summed E-state index contributed by atoms with van der Waals surface area (Å²) in [6.07, 6.45) is 3.44. The number of hydrogen-bond donors (Lipinski definition) is 2. The van der Waals surface area contributed by atoms with Crippen LogP contribution in [0.2, 0.25) is 0 Å². The van der Waals surface area contributed by atoms with E-state index in [9.17, 15) is 9.59 Å². The van der Waals surface area contributed by atoms with Gasteiger partial charge in [0.05, 0.1) is 6.61 Å². The van der Waals surface area contributed by atoms with Crippen LogP contribution in [0.25, 0.3) is 0 Å². The minimum atomic E-state index is -1.07. The van der Waals surface area contributed by atoms with E-state index < -0.39 is 12.6 Å². The van der Waals surface area contributed by atoms with Crippen molar-refractivity contribution in [2.24, 2.45) is 5.41 Å². The van der Waals surface area contributed by atoms with Gasteiger partial charge in [-0.1, -0.05) is 6.92 Å². The third-order valence-corrected chi connectivity index (χ3v) is 3.97. The average molecular weight is 321 g/mol. The Morgan fingerprint density at radius 1 is 1.26 bits per heavy atom. The highest BCUT2D eigenvalue weighted by molar-refractivity contribution is 5.94. The number of nitrogens with one attached hydrogen (secondary N) is 1. The summed E-state index contributed by atoms with van der Waals surface area (Å²) in [7, 11) is 0. The lowest BCUT2D eigenvalue weighted by molar-refractivity contribution is -0.139. The molecule has 6 heteroatoms. The number of rotatable bonds is 9. The minimum absolute atomic E-state index is 0.167. The van der Waals surface area contributed by atoms with Crippen LogP contribution >= 0.6 is 0 Å². The molecule has 6 nitrogen and oxygen atoms in total. The van der Waals surface area contributed by atoms with Crippen LogP contribution in [-0.2, 0) is 4.79 Å². The number of amides is 1. The van der Waals surface area contributed by atoms with E-state index in [1.165, 1.54) is 12.8 Å². The Morgan fingerprint density at radius 3 is 2.61 bits per heavy atom. The molecule has 1 aromatic carbocycles. The monoisotopic (exact) mass is 321 g/mol. The molecule has 0 saturated heterocycles. The summed E-state index contributed by atoms with van der Waals surface area (Å²) in [6.45, 7) is 4.62. The molecule has 2 rings (SSSR count). The van der Waals surface area contributed by atoms with E-state index in [4.69, 9.17) is 14.6 Å². The highest BCUT2D eigenvalue weighted by Crippen LogP contribution is 2.47. The molecule has 1 aliphatic carbocycles. The zero-order chi connectivity index (χ0) is 16.9. The van der Waals surface area contributed by atoms with Crippen LogP contribution in [0.15, 0.2) is 18.2 Å². The third-order valence-electron chi connectivity index (χ3n) is 3.97.